The van der Waals surface area contributed by atoms with Crippen LogP contribution >= 0.6 is 7.60 Å². The lowest BCUT2D eigenvalue weighted by Crippen LogP contribution is -2.12. The van der Waals surface area contributed by atoms with Crippen LogP contribution in [0.4, 0.5) is 5.69 Å². The van der Waals surface area contributed by atoms with Gasteiger partial charge in [-0.1, -0.05) is 45.1 Å². The van der Waals surface area contributed by atoms with Crippen molar-refractivity contribution in [2.45, 2.75) is 52.4 Å². The lowest BCUT2D eigenvalue weighted by Gasteiger charge is -2.15. The molecule has 0 fully saturated rings. The predicted octanol–water partition coefficient (Wildman–Crippen LogP) is 6.18. The van der Waals surface area contributed by atoms with Crippen molar-refractivity contribution in [3.8, 4) is 11.5 Å². The van der Waals surface area contributed by atoms with E-state index in [1.165, 1.54) is 32.1 Å². The number of ether oxygens (including phenoxy) is 1. The molecule has 0 aromatic heterocycles. The van der Waals surface area contributed by atoms with Gasteiger partial charge in [0, 0.05) is 12.2 Å². The van der Waals surface area contributed by atoms with Crippen molar-refractivity contribution in [3.63, 3.8) is 0 Å². The minimum atomic E-state index is -3.75. The molecule has 1 amide bonds. The molecule has 0 aliphatic carbocycles. The van der Waals surface area contributed by atoms with Crippen LogP contribution in [0.2, 0.25) is 0 Å². The van der Waals surface area contributed by atoms with Crippen molar-refractivity contribution in [2.24, 2.45) is 0 Å². The summed E-state index contributed by atoms with van der Waals surface area (Å²) in [5, 5.41) is 2.74. The largest absolute Gasteiger partial charge is 0.494 e. The van der Waals surface area contributed by atoms with Crippen LogP contribution in [0.5, 0.6) is 11.5 Å². The Morgan fingerprint density at radius 3 is 2.37 bits per heavy atom. The minimum absolute atomic E-state index is 0.163. The average Bonchev–Trinajstić information content (AvgIpc) is 2.68. The molecule has 0 spiro atoms. The highest BCUT2D eigenvalue weighted by Crippen LogP contribution is 2.41. The number of aryl methyl sites for hydroxylation is 1. The van der Waals surface area contributed by atoms with E-state index in [2.05, 4.69) is 12.2 Å². The number of carbonyl (C=O) groups is 1. The number of carbonyl (C=O) groups excluding carboxylic acids is 1. The summed E-state index contributed by atoms with van der Waals surface area (Å²) in [6.07, 6.45) is 7.25. The highest BCUT2D eigenvalue weighted by atomic mass is 31.2. The van der Waals surface area contributed by atoms with Crippen LogP contribution in [-0.4, -0.2) is 24.1 Å². The van der Waals surface area contributed by atoms with Gasteiger partial charge in [-0.3, -0.25) is 4.79 Å². The molecule has 2 aromatic rings. The smallest absolute Gasteiger partial charge is 0.373 e. The van der Waals surface area contributed by atoms with Crippen molar-refractivity contribution in [1.29, 1.82) is 0 Å². The summed E-state index contributed by atoms with van der Waals surface area (Å²) in [6.45, 7) is 5.81. The van der Waals surface area contributed by atoms with E-state index in [0.717, 1.165) is 24.4 Å². The van der Waals surface area contributed by atoms with Crippen molar-refractivity contribution >= 4 is 19.2 Å². The third-order valence-electron chi connectivity index (χ3n) is 4.54. The number of amides is 1. The summed E-state index contributed by atoms with van der Waals surface area (Å²) >= 11 is 0. The molecule has 7 heteroatoms. The van der Waals surface area contributed by atoms with Gasteiger partial charge in [0.15, 0.2) is 5.75 Å². The Labute approximate surface area is 179 Å². The first-order chi connectivity index (χ1) is 14.3. The number of benzene rings is 2. The molecule has 0 radical (unpaired) electrons. The molecule has 30 heavy (non-hydrogen) atoms. The van der Waals surface area contributed by atoms with E-state index in [1.807, 2.05) is 6.92 Å². The summed E-state index contributed by atoms with van der Waals surface area (Å²) in [5.74, 6) is 0.553. The Kier molecular flexibility index (Phi) is 9.41. The van der Waals surface area contributed by atoms with Gasteiger partial charge >= 0.3 is 7.60 Å². The average molecular weight is 433 g/mol. The summed E-state index contributed by atoms with van der Waals surface area (Å²) in [4.78, 5) is 22.1. The molecular formula is C23H32NO5P. The Balaban J connectivity index is 1.90. The number of hydrogen-bond acceptors (Lipinski definition) is 4. The number of nitrogens with one attached hydrogen (secondary N) is 1. The van der Waals surface area contributed by atoms with E-state index < -0.39 is 7.60 Å². The van der Waals surface area contributed by atoms with Gasteiger partial charge in [0.2, 0.25) is 0 Å². The molecule has 2 aromatic carbocycles. The molecule has 1 unspecified atom stereocenters. The molecule has 0 bridgehead atoms. The quantitative estimate of drug-likeness (QED) is 0.308. The molecule has 0 saturated heterocycles. The van der Waals surface area contributed by atoms with Gasteiger partial charge in [-0.05, 0) is 55.3 Å². The van der Waals surface area contributed by atoms with Crippen LogP contribution < -0.4 is 14.6 Å². The second kappa shape index (κ2) is 11.8. The molecule has 2 N–H and O–H groups in total. The second-order valence-corrected chi connectivity index (χ2v) is 9.28. The van der Waals surface area contributed by atoms with Crippen LogP contribution in [0.15, 0.2) is 42.5 Å². The molecule has 1 atom stereocenters. The van der Waals surface area contributed by atoms with Gasteiger partial charge in [-0.15, -0.1) is 0 Å². The number of hydrogen-bond donors (Lipinski definition) is 2. The Hall–Kier alpha value is -2.30. The molecule has 2 rings (SSSR count). The predicted molar refractivity (Wildman–Crippen MR) is 121 cm³/mol. The highest BCUT2D eigenvalue weighted by Gasteiger charge is 2.17. The normalized spacial score (nSPS) is 12.8. The summed E-state index contributed by atoms with van der Waals surface area (Å²) in [7, 11) is -3.75. The highest BCUT2D eigenvalue weighted by molar-refractivity contribution is 7.52. The van der Waals surface area contributed by atoms with E-state index in [0.29, 0.717) is 17.9 Å². The number of anilines is 1. The lowest BCUT2D eigenvalue weighted by molar-refractivity contribution is 0.102. The summed E-state index contributed by atoms with van der Waals surface area (Å²) in [5.41, 5.74) is 1.64. The molecule has 0 heterocycles. The van der Waals surface area contributed by atoms with E-state index >= 15 is 0 Å². The van der Waals surface area contributed by atoms with Crippen LogP contribution in [-0.2, 0) is 4.57 Å². The van der Waals surface area contributed by atoms with Gasteiger partial charge in [0.25, 0.3) is 5.91 Å². The molecule has 6 nitrogen and oxygen atoms in total. The fourth-order valence-electron chi connectivity index (χ4n) is 2.96. The molecule has 0 aliphatic rings. The first-order valence-electron chi connectivity index (χ1n) is 10.4. The van der Waals surface area contributed by atoms with Gasteiger partial charge in [-0.25, -0.2) is 4.57 Å². The maximum Gasteiger partial charge on any atom is 0.373 e. The van der Waals surface area contributed by atoms with E-state index in [1.54, 1.807) is 42.5 Å². The van der Waals surface area contributed by atoms with Gasteiger partial charge < -0.3 is 19.5 Å². The zero-order chi connectivity index (χ0) is 22.0. The molecule has 164 valence electrons. The van der Waals surface area contributed by atoms with Gasteiger partial charge in [0.1, 0.15) is 5.75 Å². The SMILES string of the molecule is CCCCCCCCOc1ccc(C(=O)Nc2ccc(C)cc2OP(C)(=O)O)cc1. The van der Waals surface area contributed by atoms with Crippen LogP contribution in [0.25, 0.3) is 0 Å². The zero-order valence-electron chi connectivity index (χ0n) is 18.0. The fourth-order valence-corrected chi connectivity index (χ4v) is 3.48. The van der Waals surface area contributed by atoms with E-state index in [9.17, 15) is 14.3 Å². The van der Waals surface area contributed by atoms with Crippen LogP contribution in [0.3, 0.4) is 0 Å². The van der Waals surface area contributed by atoms with E-state index in [4.69, 9.17) is 9.26 Å². The lowest BCUT2D eigenvalue weighted by atomic mass is 10.1. The Bertz CT molecular complexity index is 860. The van der Waals surface area contributed by atoms with Crippen LogP contribution in [0.1, 0.15) is 61.4 Å². The third kappa shape index (κ3) is 8.60. The number of unbranched alkanes of at least 4 members (excludes halogenated alkanes) is 5. The minimum Gasteiger partial charge on any atom is -0.494 e. The maximum atomic E-state index is 12.6. The zero-order valence-corrected chi connectivity index (χ0v) is 18.9. The van der Waals surface area contributed by atoms with Crippen molar-refractivity contribution < 1.29 is 23.5 Å². The van der Waals surface area contributed by atoms with Crippen molar-refractivity contribution in [3.05, 3.63) is 53.6 Å². The molecular weight excluding hydrogens is 401 g/mol. The fraction of sp³-hybridized carbons (Fsp3) is 0.435. The standard InChI is InChI=1S/C23H32NO5P/c1-4-5-6-7-8-9-16-28-20-13-11-19(12-14-20)23(25)24-21-15-10-18(2)17-22(21)29-30(3,26)27/h10-15,17H,4-9,16H2,1-3H3,(H,24,25)(H,26,27). The third-order valence-corrected chi connectivity index (χ3v) is 5.07. The van der Waals surface area contributed by atoms with E-state index in [-0.39, 0.29) is 11.7 Å². The monoisotopic (exact) mass is 433 g/mol. The maximum absolute atomic E-state index is 12.6. The van der Waals surface area contributed by atoms with Gasteiger partial charge in [0.05, 0.1) is 12.3 Å². The first-order valence-corrected chi connectivity index (χ1v) is 12.5. The number of rotatable bonds is 12. The summed E-state index contributed by atoms with van der Waals surface area (Å²) in [6, 6.07) is 12.0. The van der Waals surface area contributed by atoms with Crippen molar-refractivity contribution in [1.82, 2.24) is 0 Å². The van der Waals surface area contributed by atoms with Crippen molar-refractivity contribution in [2.75, 3.05) is 18.6 Å². The second-order valence-electron chi connectivity index (χ2n) is 7.49. The van der Waals surface area contributed by atoms with Crippen LogP contribution in [0, 0.1) is 6.92 Å². The van der Waals surface area contributed by atoms with Gasteiger partial charge in [-0.2, -0.15) is 0 Å². The summed E-state index contributed by atoms with van der Waals surface area (Å²) < 4.78 is 22.5. The topological polar surface area (TPSA) is 84.9 Å². The Morgan fingerprint density at radius 1 is 1.03 bits per heavy atom. The first kappa shape index (κ1) is 24.0. The Morgan fingerprint density at radius 2 is 1.70 bits per heavy atom. The molecule has 0 aliphatic heterocycles. The molecule has 0 saturated carbocycles.